The van der Waals surface area contributed by atoms with Crippen molar-refractivity contribution in [3.8, 4) is 0 Å². The van der Waals surface area contributed by atoms with Gasteiger partial charge in [0.2, 0.25) is 0 Å². The molecule has 0 saturated carbocycles. The lowest BCUT2D eigenvalue weighted by atomic mass is 9.82. The molecule has 0 aromatic heterocycles. The van der Waals surface area contributed by atoms with Crippen LogP contribution in [0.2, 0.25) is 0 Å². The SMILES string of the molecule is CC1(C)CCCCCOCCC1. The first-order valence-corrected chi connectivity index (χ1v) is 5.28. The topological polar surface area (TPSA) is 9.23 Å². The highest BCUT2D eigenvalue weighted by Gasteiger charge is 2.17. The predicted molar refractivity (Wildman–Crippen MR) is 52.3 cm³/mol. The van der Waals surface area contributed by atoms with Crippen LogP contribution in [0.4, 0.5) is 0 Å². The maximum atomic E-state index is 5.50. The van der Waals surface area contributed by atoms with E-state index >= 15 is 0 Å². The van der Waals surface area contributed by atoms with Gasteiger partial charge < -0.3 is 4.74 Å². The Kier molecular flexibility index (Phi) is 4.07. The molecule has 1 aliphatic heterocycles. The van der Waals surface area contributed by atoms with Crippen LogP contribution in [0.1, 0.15) is 52.4 Å². The zero-order chi connectivity index (χ0) is 8.86. The standard InChI is InChI=1S/C11H22O/c1-11(2)7-4-3-5-9-12-10-6-8-11/h3-10H2,1-2H3. The van der Waals surface area contributed by atoms with Crippen LogP contribution in [-0.2, 0) is 4.74 Å². The van der Waals surface area contributed by atoms with E-state index in [1.165, 1.54) is 38.5 Å². The van der Waals surface area contributed by atoms with Gasteiger partial charge in [-0.15, -0.1) is 0 Å². The van der Waals surface area contributed by atoms with E-state index < -0.39 is 0 Å². The van der Waals surface area contributed by atoms with Crippen molar-refractivity contribution in [1.29, 1.82) is 0 Å². The number of rotatable bonds is 0. The highest BCUT2D eigenvalue weighted by atomic mass is 16.5. The van der Waals surface area contributed by atoms with E-state index in [4.69, 9.17) is 4.74 Å². The second-order valence-corrected chi connectivity index (χ2v) is 4.69. The zero-order valence-corrected chi connectivity index (χ0v) is 8.57. The monoisotopic (exact) mass is 170 g/mol. The summed E-state index contributed by atoms with van der Waals surface area (Å²) >= 11 is 0. The minimum absolute atomic E-state index is 0.556. The maximum Gasteiger partial charge on any atom is 0.0466 e. The summed E-state index contributed by atoms with van der Waals surface area (Å²) in [5, 5.41) is 0. The van der Waals surface area contributed by atoms with E-state index in [-0.39, 0.29) is 0 Å². The van der Waals surface area contributed by atoms with Crippen molar-refractivity contribution in [2.45, 2.75) is 52.4 Å². The molecule has 1 heteroatoms. The number of hydrogen-bond acceptors (Lipinski definition) is 1. The highest BCUT2D eigenvalue weighted by Crippen LogP contribution is 2.29. The first kappa shape index (κ1) is 10.0. The van der Waals surface area contributed by atoms with Crippen LogP contribution in [0, 0.1) is 5.41 Å². The van der Waals surface area contributed by atoms with Gasteiger partial charge in [-0.2, -0.15) is 0 Å². The first-order chi connectivity index (χ1) is 5.71. The van der Waals surface area contributed by atoms with Crippen LogP contribution in [0.15, 0.2) is 0 Å². The molecule has 0 aromatic rings. The highest BCUT2D eigenvalue weighted by molar-refractivity contribution is 4.69. The Hall–Kier alpha value is -0.0400. The van der Waals surface area contributed by atoms with Crippen molar-refractivity contribution < 1.29 is 4.74 Å². The molecule has 0 aliphatic carbocycles. The third kappa shape index (κ3) is 4.10. The van der Waals surface area contributed by atoms with Gasteiger partial charge in [-0.05, 0) is 31.1 Å². The summed E-state index contributed by atoms with van der Waals surface area (Å²) in [7, 11) is 0. The van der Waals surface area contributed by atoms with Crippen molar-refractivity contribution in [1.82, 2.24) is 0 Å². The van der Waals surface area contributed by atoms with Gasteiger partial charge in [-0.25, -0.2) is 0 Å². The fourth-order valence-corrected chi connectivity index (χ4v) is 1.86. The Labute approximate surface area is 76.5 Å². The van der Waals surface area contributed by atoms with Crippen molar-refractivity contribution in [2.24, 2.45) is 5.41 Å². The summed E-state index contributed by atoms with van der Waals surface area (Å²) in [6.07, 6.45) is 7.96. The molecule has 1 fully saturated rings. The van der Waals surface area contributed by atoms with E-state index in [2.05, 4.69) is 13.8 Å². The molecule has 1 nitrogen and oxygen atoms in total. The summed E-state index contributed by atoms with van der Waals surface area (Å²) in [5.74, 6) is 0. The lowest BCUT2D eigenvalue weighted by Crippen LogP contribution is -2.14. The fraction of sp³-hybridized carbons (Fsp3) is 1.00. The van der Waals surface area contributed by atoms with Gasteiger partial charge in [0.1, 0.15) is 0 Å². The lowest BCUT2D eigenvalue weighted by molar-refractivity contribution is 0.107. The third-order valence-electron chi connectivity index (χ3n) is 2.78. The average Bonchev–Trinajstić information content (AvgIpc) is 2.02. The van der Waals surface area contributed by atoms with Crippen LogP contribution in [0.5, 0.6) is 0 Å². The number of ether oxygens (including phenoxy) is 1. The molecule has 0 spiro atoms. The molecule has 1 aliphatic rings. The largest absolute Gasteiger partial charge is 0.381 e. The normalized spacial score (nSPS) is 26.5. The van der Waals surface area contributed by atoms with Crippen LogP contribution in [0.25, 0.3) is 0 Å². The molecule has 72 valence electrons. The maximum absolute atomic E-state index is 5.50. The summed E-state index contributed by atoms with van der Waals surface area (Å²) in [6.45, 7) is 6.73. The Morgan fingerprint density at radius 1 is 0.833 bits per heavy atom. The summed E-state index contributed by atoms with van der Waals surface area (Å²) < 4.78 is 5.50. The van der Waals surface area contributed by atoms with Gasteiger partial charge in [-0.1, -0.05) is 26.7 Å². The van der Waals surface area contributed by atoms with Crippen molar-refractivity contribution in [3.63, 3.8) is 0 Å². The lowest BCUT2D eigenvalue weighted by Gasteiger charge is -2.25. The van der Waals surface area contributed by atoms with Gasteiger partial charge in [0.15, 0.2) is 0 Å². The Balaban J connectivity index is 2.27. The van der Waals surface area contributed by atoms with Gasteiger partial charge in [-0.3, -0.25) is 0 Å². The molecule has 0 atom stereocenters. The summed E-state index contributed by atoms with van der Waals surface area (Å²) in [6, 6.07) is 0. The average molecular weight is 170 g/mol. The Morgan fingerprint density at radius 2 is 1.50 bits per heavy atom. The van der Waals surface area contributed by atoms with Gasteiger partial charge in [0.25, 0.3) is 0 Å². The molecule has 0 bridgehead atoms. The van der Waals surface area contributed by atoms with Gasteiger partial charge in [0.05, 0.1) is 0 Å². The molecule has 12 heavy (non-hydrogen) atoms. The van der Waals surface area contributed by atoms with Crippen molar-refractivity contribution in [2.75, 3.05) is 13.2 Å². The van der Waals surface area contributed by atoms with Gasteiger partial charge in [0, 0.05) is 13.2 Å². The minimum Gasteiger partial charge on any atom is -0.381 e. The van der Waals surface area contributed by atoms with E-state index in [1.54, 1.807) is 0 Å². The van der Waals surface area contributed by atoms with Crippen LogP contribution in [-0.4, -0.2) is 13.2 Å². The zero-order valence-electron chi connectivity index (χ0n) is 8.57. The van der Waals surface area contributed by atoms with Gasteiger partial charge >= 0.3 is 0 Å². The van der Waals surface area contributed by atoms with Crippen LogP contribution in [0.3, 0.4) is 0 Å². The minimum atomic E-state index is 0.556. The van der Waals surface area contributed by atoms with E-state index in [0.29, 0.717) is 5.41 Å². The predicted octanol–water partition coefficient (Wildman–Crippen LogP) is 3.38. The van der Waals surface area contributed by atoms with Crippen molar-refractivity contribution >= 4 is 0 Å². The molecule has 0 radical (unpaired) electrons. The summed E-state index contributed by atoms with van der Waals surface area (Å²) in [5.41, 5.74) is 0.556. The smallest absolute Gasteiger partial charge is 0.0466 e. The first-order valence-electron chi connectivity index (χ1n) is 5.28. The van der Waals surface area contributed by atoms with E-state index in [1.807, 2.05) is 0 Å². The second kappa shape index (κ2) is 4.86. The molecule has 0 aromatic carbocycles. The number of hydrogen-bond donors (Lipinski definition) is 0. The fourth-order valence-electron chi connectivity index (χ4n) is 1.86. The van der Waals surface area contributed by atoms with Crippen molar-refractivity contribution in [3.05, 3.63) is 0 Å². The summed E-state index contributed by atoms with van der Waals surface area (Å²) in [4.78, 5) is 0. The molecule has 1 saturated heterocycles. The molecule has 0 N–H and O–H groups in total. The quantitative estimate of drug-likeness (QED) is 0.541. The van der Waals surface area contributed by atoms with Crippen LogP contribution < -0.4 is 0 Å². The van der Waals surface area contributed by atoms with E-state index in [0.717, 1.165) is 13.2 Å². The second-order valence-electron chi connectivity index (χ2n) is 4.69. The molecule has 0 amide bonds. The molecule has 0 unspecified atom stereocenters. The Morgan fingerprint density at radius 3 is 2.33 bits per heavy atom. The third-order valence-corrected chi connectivity index (χ3v) is 2.78. The van der Waals surface area contributed by atoms with E-state index in [9.17, 15) is 0 Å². The van der Waals surface area contributed by atoms with Crippen LogP contribution >= 0.6 is 0 Å². The molecular weight excluding hydrogens is 148 g/mol. The molecular formula is C11H22O. The Bertz CT molecular complexity index is 106. The molecule has 1 heterocycles. The molecule has 1 rings (SSSR count).